The van der Waals surface area contributed by atoms with Gasteiger partial charge >= 0.3 is 6.36 Å². The first-order valence-corrected chi connectivity index (χ1v) is 10.3. The zero-order valence-electron chi connectivity index (χ0n) is 14.6. The highest BCUT2D eigenvalue weighted by atomic mass is 35.5. The van der Waals surface area contributed by atoms with Gasteiger partial charge in [-0.3, -0.25) is 9.10 Å². The zero-order chi connectivity index (χ0) is 21.0. The predicted molar refractivity (Wildman–Crippen MR) is 100 cm³/mol. The molecule has 0 bridgehead atoms. The number of alkyl halides is 3. The van der Waals surface area contributed by atoms with Crippen molar-refractivity contribution in [1.82, 2.24) is 0 Å². The molecule has 1 aliphatic carbocycles. The summed E-state index contributed by atoms with van der Waals surface area (Å²) in [7, 11) is -3.97. The Hall–Kier alpha value is -2.46. The molecule has 154 valence electrons. The van der Waals surface area contributed by atoms with Gasteiger partial charge in [-0.1, -0.05) is 11.6 Å². The van der Waals surface area contributed by atoms with E-state index in [-0.39, 0.29) is 24.6 Å². The molecule has 1 N–H and O–H groups in total. The molecule has 11 heteroatoms. The van der Waals surface area contributed by atoms with Crippen molar-refractivity contribution in [2.75, 3.05) is 16.2 Å². The van der Waals surface area contributed by atoms with Gasteiger partial charge in [0.15, 0.2) is 4.75 Å². The SMILES string of the molecule is O=C(Nc1ccc(OC(F)(F)F)cc1)C12CC1CN(c1ccc(Cl)cc1)S2(=O)=O. The van der Waals surface area contributed by atoms with E-state index >= 15 is 0 Å². The Kier molecular flexibility index (Phi) is 4.47. The number of fused-ring (bicyclic) bond motifs is 1. The molecule has 0 radical (unpaired) electrons. The van der Waals surface area contributed by atoms with Crippen LogP contribution in [0.25, 0.3) is 0 Å². The van der Waals surface area contributed by atoms with Crippen molar-refractivity contribution < 1.29 is 31.1 Å². The number of rotatable bonds is 4. The molecule has 1 aliphatic heterocycles. The topological polar surface area (TPSA) is 75.7 Å². The fourth-order valence-corrected chi connectivity index (χ4v) is 6.04. The van der Waals surface area contributed by atoms with Gasteiger partial charge in [-0.25, -0.2) is 8.42 Å². The van der Waals surface area contributed by atoms with Crippen molar-refractivity contribution in [1.29, 1.82) is 0 Å². The number of anilines is 2. The summed E-state index contributed by atoms with van der Waals surface area (Å²) in [6.07, 6.45) is -4.63. The minimum Gasteiger partial charge on any atom is -0.406 e. The predicted octanol–water partition coefficient (Wildman–Crippen LogP) is 3.79. The first-order valence-electron chi connectivity index (χ1n) is 8.48. The maximum atomic E-state index is 13.1. The van der Waals surface area contributed by atoms with E-state index in [0.717, 1.165) is 12.1 Å². The van der Waals surface area contributed by atoms with Crippen LogP contribution in [0.5, 0.6) is 5.75 Å². The fraction of sp³-hybridized carbons (Fsp3) is 0.278. The van der Waals surface area contributed by atoms with Crippen LogP contribution in [0, 0.1) is 5.92 Å². The Labute approximate surface area is 169 Å². The lowest BCUT2D eigenvalue weighted by molar-refractivity contribution is -0.274. The highest BCUT2D eigenvalue weighted by molar-refractivity contribution is 7.95. The summed E-state index contributed by atoms with van der Waals surface area (Å²) < 4.78 is 66.2. The minimum atomic E-state index is -4.83. The lowest BCUT2D eigenvalue weighted by Gasteiger charge is -2.23. The maximum absolute atomic E-state index is 13.1. The lowest BCUT2D eigenvalue weighted by Crippen LogP contribution is -2.42. The molecule has 4 rings (SSSR count). The molecule has 29 heavy (non-hydrogen) atoms. The summed E-state index contributed by atoms with van der Waals surface area (Å²) in [5, 5.41) is 2.95. The van der Waals surface area contributed by atoms with Gasteiger partial charge in [-0.15, -0.1) is 13.2 Å². The van der Waals surface area contributed by atoms with E-state index in [0.29, 0.717) is 10.7 Å². The van der Waals surface area contributed by atoms with Crippen molar-refractivity contribution in [2.45, 2.75) is 17.5 Å². The number of benzene rings is 2. The van der Waals surface area contributed by atoms with Gasteiger partial charge in [0.1, 0.15) is 5.75 Å². The highest BCUT2D eigenvalue weighted by Gasteiger charge is 2.75. The van der Waals surface area contributed by atoms with Crippen LogP contribution in [0.15, 0.2) is 48.5 Å². The number of sulfonamides is 1. The summed E-state index contributed by atoms with van der Waals surface area (Å²) in [5.41, 5.74) is 0.590. The summed E-state index contributed by atoms with van der Waals surface area (Å²) in [4.78, 5) is 12.8. The van der Waals surface area contributed by atoms with E-state index in [1.807, 2.05) is 0 Å². The summed E-state index contributed by atoms with van der Waals surface area (Å²) in [6.45, 7) is 0.176. The number of nitrogens with one attached hydrogen (secondary N) is 1. The van der Waals surface area contributed by atoms with Gasteiger partial charge in [0, 0.05) is 23.2 Å². The van der Waals surface area contributed by atoms with E-state index in [4.69, 9.17) is 11.6 Å². The number of nitrogens with zero attached hydrogens (tertiary/aromatic N) is 1. The van der Waals surface area contributed by atoms with Gasteiger partial charge in [-0.2, -0.15) is 0 Å². The molecule has 1 amide bonds. The molecule has 2 atom stereocenters. The Morgan fingerprint density at radius 2 is 1.76 bits per heavy atom. The normalized spacial score (nSPS) is 24.7. The van der Waals surface area contributed by atoms with Crippen LogP contribution in [0.2, 0.25) is 5.02 Å². The summed E-state index contributed by atoms with van der Waals surface area (Å²) in [6, 6.07) is 10.8. The molecule has 1 saturated heterocycles. The van der Waals surface area contributed by atoms with Crippen LogP contribution in [0.3, 0.4) is 0 Å². The van der Waals surface area contributed by atoms with Gasteiger partial charge in [0.05, 0.1) is 5.69 Å². The van der Waals surface area contributed by atoms with Crippen LogP contribution in [0.1, 0.15) is 6.42 Å². The second kappa shape index (κ2) is 6.53. The molecule has 2 unspecified atom stereocenters. The van der Waals surface area contributed by atoms with Crippen LogP contribution in [-0.2, 0) is 14.8 Å². The largest absolute Gasteiger partial charge is 0.573 e. The zero-order valence-corrected chi connectivity index (χ0v) is 16.2. The van der Waals surface area contributed by atoms with Crippen LogP contribution < -0.4 is 14.4 Å². The number of amides is 1. The molecule has 1 saturated carbocycles. The second-order valence-corrected chi connectivity index (χ2v) is 9.39. The molecule has 2 aromatic rings. The number of carbonyl (C=O) groups excluding carboxylic acids is 1. The molecular weight excluding hydrogens is 433 g/mol. The third-order valence-corrected chi connectivity index (χ3v) is 7.83. The van der Waals surface area contributed by atoms with Crippen molar-refractivity contribution in [3.8, 4) is 5.75 Å². The quantitative estimate of drug-likeness (QED) is 0.775. The van der Waals surface area contributed by atoms with Crippen LogP contribution >= 0.6 is 11.6 Å². The first kappa shape index (κ1) is 19.8. The molecule has 2 aromatic carbocycles. The Balaban J connectivity index is 1.51. The molecule has 2 fully saturated rings. The van der Waals surface area contributed by atoms with Crippen molar-refractivity contribution in [3.05, 3.63) is 53.6 Å². The van der Waals surface area contributed by atoms with Crippen LogP contribution in [-0.4, -0.2) is 32.0 Å². The van der Waals surface area contributed by atoms with Gasteiger partial charge < -0.3 is 10.1 Å². The average molecular weight is 447 g/mol. The second-order valence-electron chi connectivity index (χ2n) is 6.83. The van der Waals surface area contributed by atoms with Crippen molar-refractivity contribution in [3.63, 3.8) is 0 Å². The number of halogens is 4. The summed E-state index contributed by atoms with van der Waals surface area (Å²) in [5.74, 6) is -1.51. The van der Waals surface area contributed by atoms with Crippen LogP contribution in [0.4, 0.5) is 24.5 Å². The third kappa shape index (κ3) is 3.40. The number of hydrogen-bond donors (Lipinski definition) is 1. The maximum Gasteiger partial charge on any atom is 0.573 e. The minimum absolute atomic E-state index is 0.171. The van der Waals surface area contributed by atoms with E-state index in [2.05, 4.69) is 10.1 Å². The number of ether oxygens (including phenoxy) is 1. The third-order valence-electron chi connectivity index (χ3n) is 5.03. The van der Waals surface area contributed by atoms with Gasteiger partial charge in [-0.05, 0) is 55.0 Å². The Morgan fingerprint density at radius 1 is 1.14 bits per heavy atom. The van der Waals surface area contributed by atoms with E-state index in [9.17, 15) is 26.4 Å². The van der Waals surface area contributed by atoms with Gasteiger partial charge in [0.25, 0.3) is 0 Å². The number of carbonyl (C=O) groups is 1. The molecular formula is C18H14ClF3N2O4S. The Bertz CT molecular complexity index is 1060. The molecule has 0 spiro atoms. The standard InChI is InChI=1S/C18H14ClF3N2O4S/c19-12-1-5-14(6-2-12)24-10-11-9-17(11,29(24,26)27)16(25)23-13-3-7-15(8-4-13)28-18(20,21)22/h1-8,11H,9-10H2,(H,23,25). The summed E-state index contributed by atoms with van der Waals surface area (Å²) >= 11 is 5.84. The Morgan fingerprint density at radius 3 is 2.34 bits per heavy atom. The monoisotopic (exact) mass is 446 g/mol. The highest BCUT2D eigenvalue weighted by Crippen LogP contribution is 2.58. The average Bonchev–Trinajstić information content (AvgIpc) is 3.32. The lowest BCUT2D eigenvalue weighted by atomic mass is 10.2. The molecule has 2 aliphatic rings. The first-order chi connectivity index (χ1) is 13.5. The van der Waals surface area contributed by atoms with E-state index in [1.54, 1.807) is 24.3 Å². The van der Waals surface area contributed by atoms with E-state index in [1.165, 1.54) is 16.4 Å². The smallest absolute Gasteiger partial charge is 0.406 e. The van der Waals surface area contributed by atoms with Gasteiger partial charge in [0.2, 0.25) is 15.9 Å². The fourth-order valence-electron chi connectivity index (χ4n) is 3.55. The molecule has 1 heterocycles. The number of hydrogen-bond acceptors (Lipinski definition) is 4. The van der Waals surface area contributed by atoms with Crippen molar-refractivity contribution in [2.24, 2.45) is 5.92 Å². The molecule has 0 aromatic heterocycles. The van der Waals surface area contributed by atoms with E-state index < -0.39 is 32.8 Å². The van der Waals surface area contributed by atoms with Crippen molar-refractivity contribution >= 4 is 38.9 Å². The molecule has 6 nitrogen and oxygen atoms in total.